The van der Waals surface area contributed by atoms with Gasteiger partial charge in [0.05, 0.1) is 14.5 Å². The molecule has 0 spiro atoms. The van der Waals surface area contributed by atoms with Crippen LogP contribution in [0.15, 0.2) is 15.0 Å². The zero-order chi connectivity index (χ0) is 10.5. The number of aromatic nitrogens is 1. The lowest BCUT2D eigenvalue weighted by Crippen LogP contribution is -1.89. The van der Waals surface area contributed by atoms with E-state index in [4.69, 9.17) is 0 Å². The molecule has 1 N–H and O–H groups in total. The highest BCUT2D eigenvalue weighted by molar-refractivity contribution is 9.11. The van der Waals surface area contributed by atoms with Gasteiger partial charge in [0, 0.05) is 11.1 Å². The molecule has 0 unspecified atom stereocenters. The van der Waals surface area contributed by atoms with Gasteiger partial charge >= 0.3 is 0 Å². The molecule has 1 aromatic heterocycles. The summed E-state index contributed by atoms with van der Waals surface area (Å²) in [5.41, 5.74) is 1.42. The second kappa shape index (κ2) is 3.31. The maximum atomic E-state index is 13.3. The number of nitrogens with one attached hydrogen (secondary N) is 1. The molecule has 0 aliphatic heterocycles. The van der Waals surface area contributed by atoms with Crippen molar-refractivity contribution in [1.29, 1.82) is 0 Å². The molecule has 1 nitrogen and oxygen atoms in total. The lowest BCUT2D eigenvalue weighted by molar-refractivity contribution is 0.502. The van der Waals surface area contributed by atoms with E-state index >= 15 is 0 Å². The SMILES string of the molecule is Cc1cc2c(Br)c(F)c(F)c(Br)c2[nH]1. The van der Waals surface area contributed by atoms with Crippen LogP contribution in [-0.4, -0.2) is 4.98 Å². The fourth-order valence-electron chi connectivity index (χ4n) is 1.36. The topological polar surface area (TPSA) is 15.8 Å². The van der Waals surface area contributed by atoms with Crippen LogP contribution in [0.1, 0.15) is 5.69 Å². The molecule has 1 aromatic carbocycles. The summed E-state index contributed by atoms with van der Waals surface area (Å²) in [5.74, 6) is -1.76. The molecule has 0 aliphatic rings. The summed E-state index contributed by atoms with van der Waals surface area (Å²) in [5, 5.41) is 0.633. The number of aromatic amines is 1. The Labute approximate surface area is 95.8 Å². The quantitative estimate of drug-likeness (QED) is 0.550. The summed E-state index contributed by atoms with van der Waals surface area (Å²) in [4.78, 5) is 2.95. The van der Waals surface area contributed by atoms with E-state index in [2.05, 4.69) is 36.8 Å². The second-order valence-corrected chi connectivity index (χ2v) is 4.58. The third-order valence-electron chi connectivity index (χ3n) is 1.99. The number of H-pyrrole nitrogens is 1. The van der Waals surface area contributed by atoms with E-state index < -0.39 is 11.6 Å². The first-order chi connectivity index (χ1) is 6.52. The average molecular weight is 325 g/mol. The fraction of sp³-hybridized carbons (Fsp3) is 0.111. The minimum Gasteiger partial charge on any atom is -0.358 e. The van der Waals surface area contributed by atoms with Gasteiger partial charge in [-0.05, 0) is 44.8 Å². The maximum Gasteiger partial charge on any atom is 0.176 e. The molecule has 74 valence electrons. The van der Waals surface area contributed by atoms with E-state index in [9.17, 15) is 8.78 Å². The Bertz CT molecular complexity index is 474. The Morgan fingerprint density at radius 2 is 1.71 bits per heavy atom. The molecule has 2 aromatic rings. The van der Waals surface area contributed by atoms with Gasteiger partial charge in [0.25, 0.3) is 0 Å². The molecule has 0 saturated carbocycles. The summed E-state index contributed by atoms with van der Waals surface area (Å²) >= 11 is 6.04. The van der Waals surface area contributed by atoms with Crippen molar-refractivity contribution in [1.82, 2.24) is 4.98 Å². The smallest absolute Gasteiger partial charge is 0.176 e. The van der Waals surface area contributed by atoms with Crippen LogP contribution in [0.3, 0.4) is 0 Å². The molecule has 1 heterocycles. The van der Waals surface area contributed by atoms with Gasteiger partial charge in [0.15, 0.2) is 11.6 Å². The molecule has 0 fully saturated rings. The van der Waals surface area contributed by atoms with Gasteiger partial charge in [-0.2, -0.15) is 0 Å². The number of benzene rings is 1. The number of aryl methyl sites for hydroxylation is 1. The highest BCUT2D eigenvalue weighted by Gasteiger charge is 2.17. The van der Waals surface area contributed by atoms with Gasteiger partial charge in [-0.1, -0.05) is 0 Å². The summed E-state index contributed by atoms with van der Waals surface area (Å²) in [6.45, 7) is 1.83. The number of fused-ring (bicyclic) bond motifs is 1. The van der Waals surface area contributed by atoms with E-state index in [1.165, 1.54) is 0 Å². The van der Waals surface area contributed by atoms with Crippen LogP contribution in [0.5, 0.6) is 0 Å². The second-order valence-electron chi connectivity index (χ2n) is 3.00. The highest BCUT2D eigenvalue weighted by Crippen LogP contribution is 2.35. The fourth-order valence-corrected chi connectivity index (χ4v) is 2.33. The van der Waals surface area contributed by atoms with Crippen molar-refractivity contribution < 1.29 is 8.78 Å². The number of hydrogen-bond acceptors (Lipinski definition) is 0. The van der Waals surface area contributed by atoms with Crippen molar-refractivity contribution in [3.63, 3.8) is 0 Å². The monoisotopic (exact) mass is 323 g/mol. The van der Waals surface area contributed by atoms with Crippen molar-refractivity contribution in [2.75, 3.05) is 0 Å². The van der Waals surface area contributed by atoms with Crippen LogP contribution < -0.4 is 0 Å². The van der Waals surface area contributed by atoms with Gasteiger partial charge in [0.2, 0.25) is 0 Å². The van der Waals surface area contributed by atoms with Crippen molar-refractivity contribution in [2.45, 2.75) is 6.92 Å². The predicted octanol–water partition coefficient (Wildman–Crippen LogP) is 4.28. The summed E-state index contributed by atoms with van der Waals surface area (Å²) in [6.07, 6.45) is 0. The molecule has 14 heavy (non-hydrogen) atoms. The highest BCUT2D eigenvalue weighted by atomic mass is 79.9. The Hall–Kier alpha value is -0.420. The van der Waals surface area contributed by atoms with Crippen LogP contribution in [-0.2, 0) is 0 Å². The van der Waals surface area contributed by atoms with E-state index in [0.29, 0.717) is 10.9 Å². The molecule has 0 bridgehead atoms. The zero-order valence-corrected chi connectivity index (χ0v) is 10.3. The van der Waals surface area contributed by atoms with Gasteiger partial charge < -0.3 is 4.98 Å². The van der Waals surface area contributed by atoms with E-state index in [1.807, 2.05) is 6.92 Å². The molecule has 0 atom stereocenters. The Balaban J connectivity index is 3.01. The van der Waals surface area contributed by atoms with Crippen LogP contribution >= 0.6 is 31.9 Å². The van der Waals surface area contributed by atoms with Crippen molar-refractivity contribution in [2.24, 2.45) is 0 Å². The number of hydrogen-bond donors (Lipinski definition) is 1. The van der Waals surface area contributed by atoms with E-state index in [1.54, 1.807) is 6.07 Å². The molecular weight excluding hydrogens is 320 g/mol. The van der Waals surface area contributed by atoms with Crippen LogP contribution in [0.2, 0.25) is 0 Å². The lowest BCUT2D eigenvalue weighted by Gasteiger charge is -2.01. The van der Waals surface area contributed by atoms with Crippen LogP contribution in [0.25, 0.3) is 10.9 Å². The van der Waals surface area contributed by atoms with Gasteiger partial charge in [-0.25, -0.2) is 8.78 Å². The van der Waals surface area contributed by atoms with E-state index in [-0.39, 0.29) is 8.95 Å². The molecule has 0 saturated heterocycles. The first-order valence-corrected chi connectivity index (χ1v) is 5.42. The van der Waals surface area contributed by atoms with Gasteiger partial charge in [0.1, 0.15) is 0 Å². The first kappa shape index (κ1) is 10.1. The van der Waals surface area contributed by atoms with Gasteiger partial charge in [-0.3, -0.25) is 0 Å². The van der Waals surface area contributed by atoms with Gasteiger partial charge in [-0.15, -0.1) is 0 Å². The van der Waals surface area contributed by atoms with Crippen molar-refractivity contribution >= 4 is 42.8 Å². The molecule has 2 rings (SSSR count). The van der Waals surface area contributed by atoms with Crippen molar-refractivity contribution in [3.05, 3.63) is 32.3 Å². The van der Waals surface area contributed by atoms with Crippen molar-refractivity contribution in [3.8, 4) is 0 Å². The minimum absolute atomic E-state index is 0.126. The standard InChI is InChI=1S/C9H5Br2F2N/c1-3-2-4-5(10)7(12)8(13)6(11)9(4)14-3/h2,14H,1H3. The van der Waals surface area contributed by atoms with E-state index in [0.717, 1.165) is 5.69 Å². The molecule has 5 heteroatoms. The van der Waals surface area contributed by atoms with Crippen LogP contribution in [0, 0.1) is 18.6 Å². The number of rotatable bonds is 0. The Morgan fingerprint density at radius 1 is 1.14 bits per heavy atom. The Kier molecular flexibility index (Phi) is 2.39. The summed E-state index contributed by atoms with van der Waals surface area (Å²) in [7, 11) is 0. The predicted molar refractivity (Wildman–Crippen MR) is 58.4 cm³/mol. The average Bonchev–Trinajstić information content (AvgIpc) is 2.54. The molecule has 0 radical (unpaired) electrons. The largest absolute Gasteiger partial charge is 0.358 e. The summed E-state index contributed by atoms with van der Waals surface area (Å²) in [6, 6.07) is 1.76. The number of halogens is 4. The third kappa shape index (κ3) is 1.30. The minimum atomic E-state index is -0.883. The first-order valence-electron chi connectivity index (χ1n) is 3.83. The summed E-state index contributed by atoms with van der Waals surface area (Å²) < 4.78 is 26.8. The third-order valence-corrected chi connectivity index (χ3v) is 3.51. The maximum absolute atomic E-state index is 13.3. The lowest BCUT2D eigenvalue weighted by atomic mass is 10.2. The molecular formula is C9H5Br2F2N. The molecule has 0 aliphatic carbocycles. The van der Waals surface area contributed by atoms with Crippen LogP contribution in [0.4, 0.5) is 8.78 Å². The normalized spacial score (nSPS) is 11.2. The Morgan fingerprint density at radius 3 is 2.36 bits per heavy atom. The zero-order valence-electron chi connectivity index (χ0n) is 7.09. The molecule has 0 amide bonds.